The predicted molar refractivity (Wildman–Crippen MR) is 85.5 cm³/mol. The van der Waals surface area contributed by atoms with Crippen LogP contribution in [0.3, 0.4) is 0 Å². The second-order valence-electron chi connectivity index (χ2n) is 4.99. The van der Waals surface area contributed by atoms with Crippen molar-refractivity contribution < 1.29 is 4.74 Å². The van der Waals surface area contributed by atoms with E-state index in [1.54, 1.807) is 0 Å². The summed E-state index contributed by atoms with van der Waals surface area (Å²) in [6, 6.07) is 12.1. The van der Waals surface area contributed by atoms with Gasteiger partial charge in [0.15, 0.2) is 0 Å². The van der Waals surface area contributed by atoms with E-state index in [-0.39, 0.29) is 0 Å². The maximum atomic E-state index is 5.67. The van der Waals surface area contributed by atoms with E-state index in [4.69, 9.17) is 4.74 Å². The van der Waals surface area contributed by atoms with Crippen LogP contribution in [0.4, 0.5) is 0 Å². The Morgan fingerprint density at radius 1 is 1.19 bits per heavy atom. The number of benzene rings is 1. The van der Waals surface area contributed by atoms with Gasteiger partial charge in [0, 0.05) is 13.1 Å². The Balaban J connectivity index is 1.64. The van der Waals surface area contributed by atoms with Crippen LogP contribution in [0, 0.1) is 0 Å². The summed E-state index contributed by atoms with van der Waals surface area (Å²) in [5.41, 5.74) is 2.43. The Bertz CT molecular complexity index is 522. The maximum absolute atomic E-state index is 5.67. The molecule has 0 unspecified atom stereocenters. The minimum Gasteiger partial charge on any atom is -0.494 e. The molecule has 0 bridgehead atoms. The van der Waals surface area contributed by atoms with E-state index < -0.39 is 0 Å². The number of nitrogens with zero attached hydrogens (tertiary/aromatic N) is 2. The number of aryl methyl sites for hydroxylation is 2. The Morgan fingerprint density at radius 2 is 2.00 bits per heavy atom. The van der Waals surface area contributed by atoms with Crippen LogP contribution in [-0.4, -0.2) is 22.9 Å². The summed E-state index contributed by atoms with van der Waals surface area (Å²) in [5, 5.41) is 8.01. The molecule has 0 radical (unpaired) electrons. The smallest absolute Gasteiger partial charge is 0.119 e. The number of ether oxygens (including phenoxy) is 1. The number of para-hydroxylation sites is 1. The second-order valence-corrected chi connectivity index (χ2v) is 4.99. The summed E-state index contributed by atoms with van der Waals surface area (Å²) in [6.07, 6.45) is 1.99. The van der Waals surface area contributed by atoms with E-state index >= 15 is 0 Å². The van der Waals surface area contributed by atoms with E-state index in [0.717, 1.165) is 44.8 Å². The van der Waals surface area contributed by atoms with Gasteiger partial charge in [0.25, 0.3) is 0 Å². The summed E-state index contributed by atoms with van der Waals surface area (Å²) in [4.78, 5) is 0. The highest BCUT2D eigenvalue weighted by molar-refractivity contribution is 5.20. The Hall–Kier alpha value is -1.81. The van der Waals surface area contributed by atoms with Crippen molar-refractivity contribution in [3.63, 3.8) is 0 Å². The molecule has 4 heteroatoms. The van der Waals surface area contributed by atoms with E-state index in [1.165, 1.54) is 11.4 Å². The first-order chi connectivity index (χ1) is 10.3. The first kappa shape index (κ1) is 15.6. The third kappa shape index (κ3) is 4.90. The fraction of sp³-hybridized carbons (Fsp3) is 0.471. The lowest BCUT2D eigenvalue weighted by atomic mass is 10.3. The number of nitrogens with one attached hydrogen (secondary N) is 1. The number of aromatic nitrogens is 2. The van der Waals surface area contributed by atoms with Crippen molar-refractivity contribution in [1.82, 2.24) is 15.1 Å². The zero-order chi connectivity index (χ0) is 14.9. The molecule has 21 heavy (non-hydrogen) atoms. The third-order valence-corrected chi connectivity index (χ3v) is 3.39. The summed E-state index contributed by atoms with van der Waals surface area (Å²) in [5.74, 6) is 0.939. The van der Waals surface area contributed by atoms with Crippen LogP contribution in [0.5, 0.6) is 5.75 Å². The SMILES string of the molecule is CCc1cc(CNCCCOc2ccccc2)n(CC)n1. The van der Waals surface area contributed by atoms with Crippen LogP contribution in [0.15, 0.2) is 36.4 Å². The van der Waals surface area contributed by atoms with Crippen molar-refractivity contribution in [2.75, 3.05) is 13.2 Å². The van der Waals surface area contributed by atoms with Gasteiger partial charge < -0.3 is 10.1 Å². The van der Waals surface area contributed by atoms with Gasteiger partial charge in [0.05, 0.1) is 18.0 Å². The van der Waals surface area contributed by atoms with Crippen molar-refractivity contribution in [2.24, 2.45) is 0 Å². The largest absolute Gasteiger partial charge is 0.494 e. The zero-order valence-corrected chi connectivity index (χ0v) is 13.0. The molecule has 0 aliphatic heterocycles. The standard InChI is InChI=1S/C17H25N3O/c1-3-15-13-16(20(4-2)19-15)14-18-11-8-12-21-17-9-6-5-7-10-17/h5-7,9-10,13,18H,3-4,8,11-12,14H2,1-2H3. The Morgan fingerprint density at radius 3 is 2.71 bits per heavy atom. The number of hydrogen-bond donors (Lipinski definition) is 1. The molecular weight excluding hydrogens is 262 g/mol. The van der Waals surface area contributed by atoms with Crippen molar-refractivity contribution in [1.29, 1.82) is 0 Å². The average Bonchev–Trinajstić information content (AvgIpc) is 2.94. The molecule has 1 N–H and O–H groups in total. The molecule has 114 valence electrons. The fourth-order valence-electron chi connectivity index (χ4n) is 2.22. The lowest BCUT2D eigenvalue weighted by Gasteiger charge is -2.08. The molecule has 2 aromatic rings. The maximum Gasteiger partial charge on any atom is 0.119 e. The molecule has 0 saturated carbocycles. The van der Waals surface area contributed by atoms with Crippen molar-refractivity contribution in [3.8, 4) is 5.75 Å². The number of rotatable bonds is 9. The zero-order valence-electron chi connectivity index (χ0n) is 13.0. The molecule has 0 spiro atoms. The quantitative estimate of drug-likeness (QED) is 0.721. The summed E-state index contributed by atoms with van der Waals surface area (Å²) in [7, 11) is 0. The summed E-state index contributed by atoms with van der Waals surface area (Å²) >= 11 is 0. The lowest BCUT2D eigenvalue weighted by Crippen LogP contribution is -2.19. The molecule has 0 atom stereocenters. The van der Waals surface area contributed by atoms with Crippen molar-refractivity contribution in [3.05, 3.63) is 47.8 Å². The van der Waals surface area contributed by atoms with Crippen molar-refractivity contribution >= 4 is 0 Å². The minimum absolute atomic E-state index is 0.740. The molecule has 0 amide bonds. The molecule has 0 fully saturated rings. The molecule has 1 aromatic carbocycles. The topological polar surface area (TPSA) is 39.1 Å². The van der Waals surface area contributed by atoms with E-state index in [0.29, 0.717) is 0 Å². The molecule has 2 rings (SSSR count). The van der Waals surface area contributed by atoms with Gasteiger partial charge >= 0.3 is 0 Å². The Labute approximate surface area is 127 Å². The van der Waals surface area contributed by atoms with Crippen molar-refractivity contribution in [2.45, 2.75) is 39.8 Å². The van der Waals surface area contributed by atoms with Gasteiger partial charge in [0.2, 0.25) is 0 Å². The molecule has 0 aliphatic carbocycles. The molecule has 4 nitrogen and oxygen atoms in total. The van der Waals surface area contributed by atoms with Gasteiger partial charge in [-0.15, -0.1) is 0 Å². The molecule has 0 aliphatic rings. The van der Waals surface area contributed by atoms with E-state index in [9.17, 15) is 0 Å². The monoisotopic (exact) mass is 287 g/mol. The normalized spacial score (nSPS) is 10.8. The van der Waals surface area contributed by atoms with Gasteiger partial charge in [-0.25, -0.2) is 0 Å². The Kier molecular flexibility index (Phi) is 6.28. The average molecular weight is 287 g/mol. The lowest BCUT2D eigenvalue weighted by molar-refractivity contribution is 0.307. The highest BCUT2D eigenvalue weighted by Gasteiger charge is 2.04. The van der Waals surface area contributed by atoms with Gasteiger partial charge in [0.1, 0.15) is 5.75 Å². The van der Waals surface area contributed by atoms with Gasteiger partial charge in [-0.2, -0.15) is 5.10 Å². The summed E-state index contributed by atoms with van der Waals surface area (Å²) in [6.45, 7) is 7.75. The van der Waals surface area contributed by atoms with Crippen LogP contribution in [0.1, 0.15) is 31.7 Å². The van der Waals surface area contributed by atoms with Crippen LogP contribution in [0.2, 0.25) is 0 Å². The van der Waals surface area contributed by atoms with Crippen LogP contribution in [-0.2, 0) is 19.5 Å². The van der Waals surface area contributed by atoms with Crippen LogP contribution in [0.25, 0.3) is 0 Å². The molecule has 1 aromatic heterocycles. The second kappa shape index (κ2) is 8.47. The summed E-state index contributed by atoms with van der Waals surface area (Å²) < 4.78 is 7.74. The number of hydrogen-bond acceptors (Lipinski definition) is 3. The van der Waals surface area contributed by atoms with E-state index in [1.807, 2.05) is 30.3 Å². The van der Waals surface area contributed by atoms with Crippen LogP contribution >= 0.6 is 0 Å². The van der Waals surface area contributed by atoms with Gasteiger partial charge in [-0.1, -0.05) is 25.1 Å². The predicted octanol–water partition coefficient (Wildman–Crippen LogP) is 3.02. The molecular formula is C17H25N3O. The van der Waals surface area contributed by atoms with E-state index in [2.05, 4.69) is 35.0 Å². The highest BCUT2D eigenvalue weighted by atomic mass is 16.5. The molecule has 0 saturated heterocycles. The van der Waals surface area contributed by atoms with Crippen LogP contribution < -0.4 is 10.1 Å². The molecule has 1 heterocycles. The third-order valence-electron chi connectivity index (χ3n) is 3.39. The first-order valence-electron chi connectivity index (χ1n) is 7.77. The van der Waals surface area contributed by atoms with Gasteiger partial charge in [-0.05, 0) is 44.5 Å². The first-order valence-corrected chi connectivity index (χ1v) is 7.77. The minimum atomic E-state index is 0.740. The fourth-order valence-corrected chi connectivity index (χ4v) is 2.22. The highest BCUT2D eigenvalue weighted by Crippen LogP contribution is 2.08. The van der Waals surface area contributed by atoms with Gasteiger partial charge in [-0.3, -0.25) is 4.68 Å².